The Morgan fingerprint density at radius 2 is 2.06 bits per heavy atom. The summed E-state index contributed by atoms with van der Waals surface area (Å²) in [6.45, 7) is 4.51. The molecule has 0 amide bonds. The molecule has 0 aliphatic rings. The van der Waals surface area contributed by atoms with Gasteiger partial charge in [0.25, 0.3) is 0 Å². The van der Waals surface area contributed by atoms with Gasteiger partial charge in [-0.2, -0.15) is 0 Å². The lowest BCUT2D eigenvalue weighted by molar-refractivity contribution is 0.422. The second-order valence-corrected chi connectivity index (χ2v) is 5.65. The molecule has 0 bridgehead atoms. The molecule has 3 heteroatoms. The van der Waals surface area contributed by atoms with Crippen molar-refractivity contribution in [3.63, 3.8) is 0 Å². The Labute approximate surface area is 112 Å². The van der Waals surface area contributed by atoms with Crippen LogP contribution in [0.25, 0.3) is 0 Å². The van der Waals surface area contributed by atoms with Crippen LogP contribution in [0, 0.1) is 5.92 Å². The van der Waals surface area contributed by atoms with Crippen molar-refractivity contribution in [3.8, 4) is 0 Å². The van der Waals surface area contributed by atoms with E-state index in [1.807, 2.05) is 19.2 Å². The van der Waals surface area contributed by atoms with E-state index in [0.717, 1.165) is 21.8 Å². The van der Waals surface area contributed by atoms with Crippen LogP contribution < -0.4 is 5.32 Å². The van der Waals surface area contributed by atoms with E-state index in [2.05, 4.69) is 41.2 Å². The maximum absolute atomic E-state index is 6.06. The zero-order chi connectivity index (χ0) is 12.1. The SMILES string of the molecule is CCC(C)CC(NC)c1cc(Cl)cc(Br)c1. The molecule has 0 aliphatic heterocycles. The molecule has 0 aliphatic carbocycles. The number of hydrogen-bond acceptors (Lipinski definition) is 1. The standard InChI is InChI=1S/C13H19BrClN/c1-4-9(2)5-13(16-3)10-6-11(14)8-12(15)7-10/h6-9,13,16H,4-5H2,1-3H3. The first-order valence-electron chi connectivity index (χ1n) is 5.70. The zero-order valence-corrected chi connectivity index (χ0v) is 12.4. The highest BCUT2D eigenvalue weighted by Crippen LogP contribution is 2.28. The van der Waals surface area contributed by atoms with Gasteiger partial charge in [0.2, 0.25) is 0 Å². The van der Waals surface area contributed by atoms with Crippen molar-refractivity contribution in [2.75, 3.05) is 7.05 Å². The van der Waals surface area contributed by atoms with Crippen molar-refractivity contribution >= 4 is 27.5 Å². The third-order valence-corrected chi connectivity index (χ3v) is 3.65. The van der Waals surface area contributed by atoms with Gasteiger partial charge in [-0.1, -0.05) is 47.8 Å². The van der Waals surface area contributed by atoms with Crippen LogP contribution in [0.3, 0.4) is 0 Å². The molecule has 0 radical (unpaired) electrons. The Morgan fingerprint density at radius 1 is 1.38 bits per heavy atom. The fraction of sp³-hybridized carbons (Fsp3) is 0.538. The second-order valence-electron chi connectivity index (χ2n) is 4.29. The normalized spacial score (nSPS) is 14.8. The Kier molecular flexibility index (Phi) is 5.81. The summed E-state index contributed by atoms with van der Waals surface area (Å²) in [5.41, 5.74) is 1.25. The van der Waals surface area contributed by atoms with Crippen LogP contribution in [-0.4, -0.2) is 7.05 Å². The van der Waals surface area contributed by atoms with Gasteiger partial charge in [0.15, 0.2) is 0 Å². The Hall–Kier alpha value is -0.0500. The summed E-state index contributed by atoms with van der Waals surface area (Å²) >= 11 is 9.55. The molecule has 0 saturated heterocycles. The van der Waals surface area contributed by atoms with Gasteiger partial charge in [-0.3, -0.25) is 0 Å². The van der Waals surface area contributed by atoms with E-state index in [1.54, 1.807) is 0 Å². The Balaban J connectivity index is 2.86. The predicted molar refractivity (Wildman–Crippen MR) is 75.0 cm³/mol. The molecule has 1 N–H and O–H groups in total. The first kappa shape index (κ1) is 14.0. The summed E-state index contributed by atoms with van der Waals surface area (Å²) in [7, 11) is 2.00. The molecular weight excluding hydrogens is 286 g/mol. The minimum Gasteiger partial charge on any atom is -0.313 e. The molecule has 0 heterocycles. The van der Waals surface area contributed by atoms with Crippen molar-refractivity contribution in [2.24, 2.45) is 5.92 Å². The van der Waals surface area contributed by atoms with E-state index < -0.39 is 0 Å². The van der Waals surface area contributed by atoms with Gasteiger partial charge in [-0.15, -0.1) is 0 Å². The van der Waals surface area contributed by atoms with Crippen LogP contribution >= 0.6 is 27.5 Å². The summed E-state index contributed by atoms with van der Waals surface area (Å²) in [5.74, 6) is 0.718. The largest absolute Gasteiger partial charge is 0.313 e. The summed E-state index contributed by atoms with van der Waals surface area (Å²) in [4.78, 5) is 0. The smallest absolute Gasteiger partial charge is 0.0420 e. The van der Waals surface area contributed by atoms with E-state index in [0.29, 0.717) is 6.04 Å². The fourth-order valence-electron chi connectivity index (χ4n) is 1.77. The molecule has 0 aromatic heterocycles. The quantitative estimate of drug-likeness (QED) is 0.824. The zero-order valence-electron chi connectivity index (χ0n) is 10.1. The number of rotatable bonds is 5. The average Bonchev–Trinajstić information content (AvgIpc) is 2.24. The van der Waals surface area contributed by atoms with Crippen molar-refractivity contribution in [1.82, 2.24) is 5.32 Å². The third kappa shape index (κ3) is 4.08. The lowest BCUT2D eigenvalue weighted by atomic mass is 9.94. The summed E-state index contributed by atoms with van der Waals surface area (Å²) in [6.07, 6.45) is 2.35. The Morgan fingerprint density at radius 3 is 2.56 bits per heavy atom. The van der Waals surface area contributed by atoms with Gasteiger partial charge in [-0.25, -0.2) is 0 Å². The summed E-state index contributed by atoms with van der Waals surface area (Å²) in [5, 5.41) is 4.14. The minimum atomic E-state index is 0.380. The van der Waals surface area contributed by atoms with Crippen molar-refractivity contribution in [1.29, 1.82) is 0 Å². The third-order valence-electron chi connectivity index (χ3n) is 2.97. The van der Waals surface area contributed by atoms with E-state index >= 15 is 0 Å². The van der Waals surface area contributed by atoms with E-state index in [1.165, 1.54) is 12.0 Å². The molecule has 1 rings (SSSR count). The lowest BCUT2D eigenvalue weighted by Gasteiger charge is -2.20. The second kappa shape index (κ2) is 6.63. The van der Waals surface area contributed by atoms with E-state index in [4.69, 9.17) is 11.6 Å². The molecule has 16 heavy (non-hydrogen) atoms. The minimum absolute atomic E-state index is 0.380. The van der Waals surface area contributed by atoms with Crippen molar-refractivity contribution in [3.05, 3.63) is 33.3 Å². The van der Waals surface area contributed by atoms with Gasteiger partial charge >= 0.3 is 0 Å². The Bertz CT molecular complexity index is 320. The van der Waals surface area contributed by atoms with Crippen LogP contribution in [0.5, 0.6) is 0 Å². The number of halogens is 2. The van der Waals surface area contributed by atoms with Crippen molar-refractivity contribution in [2.45, 2.75) is 32.7 Å². The highest BCUT2D eigenvalue weighted by atomic mass is 79.9. The monoisotopic (exact) mass is 303 g/mol. The number of nitrogens with one attached hydrogen (secondary N) is 1. The van der Waals surface area contributed by atoms with Gasteiger partial charge in [0.05, 0.1) is 0 Å². The molecule has 0 fully saturated rings. The molecule has 1 aromatic carbocycles. The molecule has 0 spiro atoms. The summed E-state index contributed by atoms with van der Waals surface area (Å²) < 4.78 is 1.04. The van der Waals surface area contributed by atoms with Crippen LogP contribution in [0.1, 0.15) is 38.3 Å². The maximum atomic E-state index is 6.06. The topological polar surface area (TPSA) is 12.0 Å². The lowest BCUT2D eigenvalue weighted by Crippen LogP contribution is -2.18. The molecule has 2 atom stereocenters. The van der Waals surface area contributed by atoms with Crippen LogP contribution in [0.2, 0.25) is 5.02 Å². The fourth-order valence-corrected chi connectivity index (χ4v) is 2.65. The highest BCUT2D eigenvalue weighted by molar-refractivity contribution is 9.10. The molecule has 90 valence electrons. The first-order valence-corrected chi connectivity index (χ1v) is 6.87. The first-order chi connectivity index (χ1) is 7.56. The molecule has 1 aromatic rings. The summed E-state index contributed by atoms with van der Waals surface area (Å²) in [6, 6.07) is 6.47. The maximum Gasteiger partial charge on any atom is 0.0420 e. The van der Waals surface area contributed by atoms with Gasteiger partial charge in [0, 0.05) is 15.5 Å². The average molecular weight is 305 g/mol. The number of benzene rings is 1. The van der Waals surface area contributed by atoms with Crippen LogP contribution in [0.15, 0.2) is 22.7 Å². The van der Waals surface area contributed by atoms with E-state index in [-0.39, 0.29) is 0 Å². The van der Waals surface area contributed by atoms with Crippen LogP contribution in [0.4, 0.5) is 0 Å². The molecular formula is C13H19BrClN. The van der Waals surface area contributed by atoms with Gasteiger partial charge in [-0.05, 0) is 43.1 Å². The van der Waals surface area contributed by atoms with E-state index in [9.17, 15) is 0 Å². The predicted octanol–water partition coefficient (Wildman–Crippen LogP) is 4.80. The molecule has 0 saturated carbocycles. The number of hydrogen-bond donors (Lipinski definition) is 1. The van der Waals surface area contributed by atoms with Gasteiger partial charge in [0.1, 0.15) is 0 Å². The molecule has 1 nitrogen and oxygen atoms in total. The van der Waals surface area contributed by atoms with Crippen LogP contribution in [-0.2, 0) is 0 Å². The highest BCUT2D eigenvalue weighted by Gasteiger charge is 2.13. The van der Waals surface area contributed by atoms with Gasteiger partial charge < -0.3 is 5.32 Å². The molecule has 2 unspecified atom stereocenters. The van der Waals surface area contributed by atoms with Crippen molar-refractivity contribution < 1.29 is 0 Å².